The van der Waals surface area contributed by atoms with Gasteiger partial charge in [-0.1, -0.05) is 11.6 Å². The summed E-state index contributed by atoms with van der Waals surface area (Å²) in [5, 5.41) is 13.0. The molecule has 4 rings (SSSR count). The minimum atomic E-state index is -0.190. The van der Waals surface area contributed by atoms with Crippen molar-refractivity contribution in [1.29, 1.82) is 5.26 Å². The number of imidazole rings is 1. The zero-order valence-electron chi connectivity index (χ0n) is 16.6. The molecular formula is C21H18ClN7O. The fourth-order valence-corrected chi connectivity index (χ4v) is 3.61. The molecule has 4 aromatic rings. The van der Waals surface area contributed by atoms with Gasteiger partial charge >= 0.3 is 0 Å². The monoisotopic (exact) mass is 419 g/mol. The number of hydrogen-bond acceptors (Lipinski definition) is 7. The minimum absolute atomic E-state index is 0.190. The third kappa shape index (κ3) is 3.40. The van der Waals surface area contributed by atoms with Gasteiger partial charge in [0.1, 0.15) is 29.4 Å². The molecule has 0 saturated heterocycles. The van der Waals surface area contributed by atoms with E-state index in [4.69, 9.17) is 21.6 Å². The van der Waals surface area contributed by atoms with E-state index in [0.717, 1.165) is 27.8 Å². The van der Waals surface area contributed by atoms with Crippen molar-refractivity contribution >= 4 is 28.6 Å². The number of anilines is 1. The number of nitrogens with one attached hydrogen (secondary N) is 2. The summed E-state index contributed by atoms with van der Waals surface area (Å²) in [6.07, 6.45) is 4.69. The Labute approximate surface area is 177 Å². The smallest absolute Gasteiger partial charge is 0.182 e. The quantitative estimate of drug-likeness (QED) is 0.492. The normalized spacial score (nSPS) is 11.8. The van der Waals surface area contributed by atoms with Crippen LogP contribution < -0.4 is 10.1 Å². The molecule has 1 aromatic carbocycles. The second-order valence-corrected chi connectivity index (χ2v) is 7.12. The van der Waals surface area contributed by atoms with E-state index >= 15 is 0 Å². The number of ether oxygens (including phenoxy) is 1. The lowest BCUT2D eigenvalue weighted by Gasteiger charge is -2.22. The summed E-state index contributed by atoms with van der Waals surface area (Å²) in [6, 6.07) is 7.24. The first-order valence-electron chi connectivity index (χ1n) is 9.17. The molecule has 150 valence electrons. The van der Waals surface area contributed by atoms with E-state index in [1.807, 2.05) is 32.0 Å². The van der Waals surface area contributed by atoms with Gasteiger partial charge in [0.25, 0.3) is 0 Å². The van der Waals surface area contributed by atoms with E-state index in [9.17, 15) is 0 Å². The first-order chi connectivity index (χ1) is 14.5. The van der Waals surface area contributed by atoms with E-state index in [-0.39, 0.29) is 6.04 Å². The van der Waals surface area contributed by atoms with Crippen LogP contribution in [0.5, 0.6) is 5.75 Å². The highest BCUT2D eigenvalue weighted by Crippen LogP contribution is 2.42. The summed E-state index contributed by atoms with van der Waals surface area (Å²) in [5.74, 6) is 1.31. The Morgan fingerprint density at radius 1 is 1.23 bits per heavy atom. The van der Waals surface area contributed by atoms with Gasteiger partial charge in [0.05, 0.1) is 19.5 Å². The number of nitrogens with zero attached hydrogens (tertiary/aromatic N) is 5. The van der Waals surface area contributed by atoms with Crippen LogP contribution in [0.25, 0.3) is 22.3 Å². The first-order valence-corrected chi connectivity index (χ1v) is 9.55. The van der Waals surface area contributed by atoms with Crippen molar-refractivity contribution in [3.05, 3.63) is 58.9 Å². The summed E-state index contributed by atoms with van der Waals surface area (Å²) in [6.45, 7) is 3.92. The van der Waals surface area contributed by atoms with Crippen LogP contribution in [0.15, 0.2) is 37.1 Å². The van der Waals surface area contributed by atoms with Crippen LogP contribution in [0.1, 0.15) is 29.8 Å². The van der Waals surface area contributed by atoms with Crippen LogP contribution in [-0.4, -0.2) is 32.0 Å². The van der Waals surface area contributed by atoms with Crippen LogP contribution in [-0.2, 0) is 0 Å². The molecular weight excluding hydrogens is 402 g/mol. The van der Waals surface area contributed by atoms with Crippen molar-refractivity contribution in [3.63, 3.8) is 0 Å². The molecule has 0 fully saturated rings. The number of halogens is 1. The number of nitriles is 1. The molecule has 1 atom stereocenters. The topological polar surface area (TPSA) is 112 Å². The Bertz CT molecular complexity index is 1260. The van der Waals surface area contributed by atoms with Crippen molar-refractivity contribution < 1.29 is 4.74 Å². The van der Waals surface area contributed by atoms with Gasteiger partial charge in [-0.2, -0.15) is 5.26 Å². The number of rotatable bonds is 5. The summed E-state index contributed by atoms with van der Waals surface area (Å²) in [4.78, 5) is 19.9. The van der Waals surface area contributed by atoms with E-state index in [2.05, 4.69) is 30.2 Å². The third-order valence-corrected chi connectivity index (χ3v) is 5.31. The molecule has 8 nitrogen and oxygen atoms in total. The molecule has 0 saturated carbocycles. The Balaban J connectivity index is 1.80. The number of aromatic amines is 1. The fourth-order valence-electron chi connectivity index (χ4n) is 3.40. The van der Waals surface area contributed by atoms with Crippen LogP contribution >= 0.6 is 11.6 Å². The highest BCUT2D eigenvalue weighted by atomic mass is 35.5. The standard InChI is InChI=1S/C21H18ClN7O/c1-11-16(22)6-15(12(2)29-21-18-20(26-9-25-18)27-10-28-21)19(30-3)17(11)13-4-5-14(7-23)24-8-13/h4-6,8-10,12H,1-3H3,(H2,25,26,27,28,29). The maximum absolute atomic E-state index is 9.03. The number of pyridine rings is 1. The molecule has 0 aliphatic heterocycles. The third-order valence-electron chi connectivity index (χ3n) is 4.92. The number of H-pyrrole nitrogens is 1. The largest absolute Gasteiger partial charge is 0.496 e. The SMILES string of the molecule is COc1c(C(C)Nc2ncnc3nc[nH]c23)cc(Cl)c(C)c1-c1ccc(C#N)nc1. The van der Waals surface area contributed by atoms with Crippen LogP contribution in [0.3, 0.4) is 0 Å². The van der Waals surface area contributed by atoms with Crippen molar-refractivity contribution in [2.24, 2.45) is 0 Å². The predicted molar refractivity (Wildman–Crippen MR) is 114 cm³/mol. The first kappa shape index (κ1) is 19.6. The van der Waals surface area contributed by atoms with Crippen LogP contribution in [0.2, 0.25) is 5.02 Å². The van der Waals surface area contributed by atoms with Gasteiger partial charge in [0.2, 0.25) is 0 Å². The number of hydrogen-bond donors (Lipinski definition) is 2. The summed E-state index contributed by atoms with van der Waals surface area (Å²) in [5.41, 5.74) is 5.03. The lowest BCUT2D eigenvalue weighted by Crippen LogP contribution is -2.11. The lowest BCUT2D eigenvalue weighted by atomic mass is 9.94. The summed E-state index contributed by atoms with van der Waals surface area (Å²) < 4.78 is 5.81. The number of fused-ring (bicyclic) bond motifs is 1. The number of methoxy groups -OCH3 is 1. The molecule has 3 heterocycles. The van der Waals surface area contributed by atoms with E-state index in [0.29, 0.717) is 27.9 Å². The van der Waals surface area contributed by atoms with Crippen LogP contribution in [0.4, 0.5) is 5.82 Å². The van der Waals surface area contributed by atoms with Crippen LogP contribution in [0, 0.1) is 18.3 Å². The molecule has 9 heteroatoms. The molecule has 0 amide bonds. The molecule has 0 spiro atoms. The van der Waals surface area contributed by atoms with Gasteiger partial charge in [0, 0.05) is 27.9 Å². The molecule has 1 unspecified atom stereocenters. The maximum atomic E-state index is 9.03. The molecule has 0 aliphatic rings. The van der Waals surface area contributed by atoms with E-state index < -0.39 is 0 Å². The van der Waals surface area contributed by atoms with Crippen molar-refractivity contribution in [2.75, 3.05) is 12.4 Å². The number of benzene rings is 1. The maximum Gasteiger partial charge on any atom is 0.182 e. The summed E-state index contributed by atoms with van der Waals surface area (Å²) >= 11 is 6.58. The fraction of sp³-hybridized carbons (Fsp3) is 0.190. The van der Waals surface area contributed by atoms with E-state index in [1.54, 1.807) is 25.7 Å². The second kappa shape index (κ2) is 7.97. The molecule has 0 radical (unpaired) electrons. The van der Waals surface area contributed by atoms with Gasteiger partial charge < -0.3 is 15.0 Å². The molecule has 0 bridgehead atoms. The Hall–Kier alpha value is -3.70. The highest BCUT2D eigenvalue weighted by molar-refractivity contribution is 6.32. The zero-order chi connectivity index (χ0) is 21.3. The average Bonchev–Trinajstić information content (AvgIpc) is 3.25. The number of aromatic nitrogens is 5. The molecule has 30 heavy (non-hydrogen) atoms. The van der Waals surface area contributed by atoms with Gasteiger partial charge in [-0.05, 0) is 37.6 Å². The van der Waals surface area contributed by atoms with E-state index in [1.165, 1.54) is 6.33 Å². The molecule has 3 aromatic heterocycles. The van der Waals surface area contributed by atoms with Gasteiger partial charge in [-0.15, -0.1) is 0 Å². The highest BCUT2D eigenvalue weighted by Gasteiger charge is 2.22. The minimum Gasteiger partial charge on any atom is -0.496 e. The van der Waals surface area contributed by atoms with Gasteiger partial charge in [0.15, 0.2) is 11.5 Å². The lowest BCUT2D eigenvalue weighted by molar-refractivity contribution is 0.409. The zero-order valence-corrected chi connectivity index (χ0v) is 17.3. The molecule has 2 N–H and O–H groups in total. The average molecular weight is 420 g/mol. The Morgan fingerprint density at radius 2 is 2.07 bits per heavy atom. The van der Waals surface area contributed by atoms with Crippen molar-refractivity contribution in [1.82, 2.24) is 24.9 Å². The van der Waals surface area contributed by atoms with Gasteiger partial charge in [-0.25, -0.2) is 19.9 Å². The Kier molecular flexibility index (Phi) is 5.21. The summed E-state index contributed by atoms with van der Waals surface area (Å²) in [7, 11) is 1.62. The Morgan fingerprint density at radius 3 is 2.77 bits per heavy atom. The van der Waals surface area contributed by atoms with Crippen molar-refractivity contribution in [3.8, 4) is 22.9 Å². The predicted octanol–water partition coefficient (Wildman–Crippen LogP) is 4.43. The van der Waals surface area contributed by atoms with Crippen molar-refractivity contribution in [2.45, 2.75) is 19.9 Å². The second-order valence-electron chi connectivity index (χ2n) is 6.71. The molecule has 0 aliphatic carbocycles. The van der Waals surface area contributed by atoms with Gasteiger partial charge in [-0.3, -0.25) is 0 Å².